The minimum atomic E-state index is -3.82. The van der Waals surface area contributed by atoms with Gasteiger partial charge in [-0.25, -0.2) is 8.42 Å². The van der Waals surface area contributed by atoms with Gasteiger partial charge in [0.2, 0.25) is 5.91 Å². The molecule has 6 nitrogen and oxygen atoms in total. The van der Waals surface area contributed by atoms with Gasteiger partial charge >= 0.3 is 0 Å². The van der Waals surface area contributed by atoms with Crippen LogP contribution in [0.3, 0.4) is 0 Å². The second-order valence-corrected chi connectivity index (χ2v) is 9.67. The second-order valence-electron chi connectivity index (χ2n) is 8.02. The van der Waals surface area contributed by atoms with Crippen LogP contribution in [0, 0.1) is 5.92 Å². The molecule has 7 heteroatoms. The van der Waals surface area contributed by atoms with Crippen LogP contribution in [-0.2, 0) is 27.7 Å². The van der Waals surface area contributed by atoms with E-state index in [9.17, 15) is 13.2 Å². The Morgan fingerprint density at radius 2 is 1.90 bits per heavy atom. The van der Waals surface area contributed by atoms with Crippen molar-refractivity contribution in [3.8, 4) is 5.75 Å². The molecule has 2 aromatic rings. The van der Waals surface area contributed by atoms with Crippen molar-refractivity contribution in [3.63, 3.8) is 0 Å². The Morgan fingerprint density at radius 3 is 2.57 bits per heavy atom. The van der Waals surface area contributed by atoms with Crippen LogP contribution in [0.2, 0.25) is 0 Å². The number of ether oxygens (including phenoxy) is 1. The van der Waals surface area contributed by atoms with Crippen LogP contribution in [0.25, 0.3) is 0 Å². The van der Waals surface area contributed by atoms with E-state index in [-0.39, 0.29) is 10.8 Å². The Kier molecular flexibility index (Phi) is 6.71. The lowest BCUT2D eigenvalue weighted by Crippen LogP contribution is -2.36. The summed E-state index contributed by atoms with van der Waals surface area (Å²) in [5.41, 5.74) is 3.25. The first-order chi connectivity index (χ1) is 14.2. The van der Waals surface area contributed by atoms with E-state index in [4.69, 9.17) is 4.74 Å². The summed E-state index contributed by atoms with van der Waals surface area (Å²) in [6, 6.07) is 10.6. The maximum absolute atomic E-state index is 13.1. The lowest BCUT2D eigenvalue weighted by atomic mass is 9.99. The number of nitrogens with one attached hydrogen (secondary N) is 1. The number of anilines is 2. The highest BCUT2D eigenvalue weighted by Crippen LogP contribution is 2.33. The van der Waals surface area contributed by atoms with Gasteiger partial charge in [-0.15, -0.1) is 0 Å². The minimum absolute atomic E-state index is 0.121. The summed E-state index contributed by atoms with van der Waals surface area (Å²) in [5.74, 6) is 0.934. The first-order valence-electron chi connectivity index (χ1n) is 10.4. The van der Waals surface area contributed by atoms with Gasteiger partial charge in [0.15, 0.2) is 0 Å². The van der Waals surface area contributed by atoms with Crippen molar-refractivity contribution in [2.45, 2.75) is 51.3 Å². The lowest BCUT2D eigenvalue weighted by molar-refractivity contribution is -0.118. The molecule has 30 heavy (non-hydrogen) atoms. The third kappa shape index (κ3) is 4.78. The van der Waals surface area contributed by atoms with Crippen molar-refractivity contribution in [2.24, 2.45) is 5.92 Å². The summed E-state index contributed by atoms with van der Waals surface area (Å²) in [6.45, 7) is 6.92. The Morgan fingerprint density at radius 1 is 1.13 bits per heavy atom. The van der Waals surface area contributed by atoms with E-state index in [0.717, 1.165) is 29.7 Å². The molecule has 0 fully saturated rings. The lowest BCUT2D eigenvalue weighted by Gasteiger charge is -2.30. The number of hydrogen-bond acceptors (Lipinski definition) is 4. The Hall–Kier alpha value is -2.54. The molecule has 1 aliphatic rings. The van der Waals surface area contributed by atoms with E-state index in [1.807, 2.05) is 30.0 Å². The van der Waals surface area contributed by atoms with Crippen molar-refractivity contribution in [1.82, 2.24) is 0 Å². The molecule has 1 amide bonds. The minimum Gasteiger partial charge on any atom is -0.495 e. The van der Waals surface area contributed by atoms with Gasteiger partial charge in [0.25, 0.3) is 10.0 Å². The normalized spacial score (nSPS) is 14.0. The number of nitrogens with zero attached hydrogens (tertiary/aromatic N) is 1. The number of carbonyl (C=O) groups is 1. The predicted octanol–water partition coefficient (Wildman–Crippen LogP) is 4.38. The summed E-state index contributed by atoms with van der Waals surface area (Å²) in [5, 5.41) is 0. The molecule has 0 aromatic heterocycles. The van der Waals surface area contributed by atoms with E-state index in [1.165, 1.54) is 7.11 Å². The van der Waals surface area contributed by atoms with Gasteiger partial charge in [-0.3, -0.25) is 9.52 Å². The van der Waals surface area contributed by atoms with Crippen LogP contribution in [0.1, 0.15) is 44.7 Å². The van der Waals surface area contributed by atoms with Crippen molar-refractivity contribution in [3.05, 3.63) is 47.5 Å². The highest BCUT2D eigenvalue weighted by atomic mass is 32.2. The van der Waals surface area contributed by atoms with Crippen molar-refractivity contribution in [2.75, 3.05) is 23.3 Å². The first kappa shape index (κ1) is 22.2. The third-order valence-electron chi connectivity index (χ3n) is 5.39. The SMILES string of the molecule is CCc1ccc(OC)c(S(=O)(=O)Nc2ccc3c(c2)CCC(=O)N3CCC(C)C)c1. The number of carbonyl (C=O) groups excluding carboxylic acids is 1. The fourth-order valence-electron chi connectivity index (χ4n) is 3.62. The molecule has 0 saturated heterocycles. The Labute approximate surface area is 179 Å². The molecular formula is C23H30N2O4S. The van der Waals surface area contributed by atoms with Gasteiger partial charge in [0.05, 0.1) is 7.11 Å². The van der Waals surface area contributed by atoms with Gasteiger partial charge in [0.1, 0.15) is 10.6 Å². The highest BCUT2D eigenvalue weighted by molar-refractivity contribution is 7.92. The summed E-state index contributed by atoms with van der Waals surface area (Å²) < 4.78 is 34.1. The maximum Gasteiger partial charge on any atom is 0.265 e. The molecule has 2 aromatic carbocycles. The van der Waals surface area contributed by atoms with Crippen LogP contribution >= 0.6 is 0 Å². The quantitative estimate of drug-likeness (QED) is 0.674. The molecular weight excluding hydrogens is 400 g/mol. The van der Waals surface area contributed by atoms with E-state index < -0.39 is 10.0 Å². The first-order valence-corrected chi connectivity index (χ1v) is 11.9. The molecule has 0 aliphatic carbocycles. The molecule has 1 heterocycles. The van der Waals surface area contributed by atoms with Crippen LogP contribution < -0.4 is 14.4 Å². The number of amides is 1. The van der Waals surface area contributed by atoms with Crippen LogP contribution in [0.5, 0.6) is 5.75 Å². The Bertz CT molecular complexity index is 1030. The van der Waals surface area contributed by atoms with Gasteiger partial charge < -0.3 is 9.64 Å². The standard InChI is InChI=1S/C23H30N2O4S/c1-5-17-6-10-21(29-4)22(14-17)30(27,28)24-19-8-9-20-18(15-19)7-11-23(26)25(20)13-12-16(2)3/h6,8-10,14-16,24H,5,7,11-13H2,1-4H3. The molecule has 0 saturated carbocycles. The Balaban J connectivity index is 1.89. The van der Waals surface area contributed by atoms with Crippen molar-refractivity contribution >= 4 is 27.3 Å². The fourth-order valence-corrected chi connectivity index (χ4v) is 4.89. The van der Waals surface area contributed by atoms with Gasteiger partial charge in [0, 0.05) is 24.3 Å². The van der Waals surface area contributed by atoms with Gasteiger partial charge in [-0.1, -0.05) is 26.8 Å². The number of sulfonamides is 1. The number of rotatable bonds is 8. The summed E-state index contributed by atoms with van der Waals surface area (Å²) in [6.07, 6.45) is 2.70. The molecule has 0 unspecified atom stereocenters. The second kappa shape index (κ2) is 9.08. The molecule has 162 valence electrons. The van der Waals surface area contributed by atoms with E-state index >= 15 is 0 Å². The topological polar surface area (TPSA) is 75.7 Å². The highest BCUT2D eigenvalue weighted by Gasteiger charge is 2.25. The molecule has 0 spiro atoms. The van der Waals surface area contributed by atoms with Crippen LogP contribution in [0.15, 0.2) is 41.3 Å². The molecule has 0 radical (unpaired) electrons. The average molecular weight is 431 g/mol. The smallest absolute Gasteiger partial charge is 0.265 e. The zero-order valence-corrected chi connectivity index (χ0v) is 18.9. The predicted molar refractivity (Wildman–Crippen MR) is 120 cm³/mol. The van der Waals surface area contributed by atoms with E-state index in [0.29, 0.717) is 36.7 Å². The third-order valence-corrected chi connectivity index (χ3v) is 6.79. The zero-order chi connectivity index (χ0) is 21.9. The monoisotopic (exact) mass is 430 g/mol. The zero-order valence-electron chi connectivity index (χ0n) is 18.1. The summed E-state index contributed by atoms with van der Waals surface area (Å²) in [7, 11) is -2.36. The average Bonchev–Trinajstić information content (AvgIpc) is 2.72. The fraction of sp³-hybridized carbons (Fsp3) is 0.435. The van der Waals surface area contributed by atoms with Crippen molar-refractivity contribution < 1.29 is 17.9 Å². The van der Waals surface area contributed by atoms with Crippen LogP contribution in [-0.4, -0.2) is 28.0 Å². The van der Waals surface area contributed by atoms with Gasteiger partial charge in [-0.05, 0) is 66.6 Å². The molecule has 0 bridgehead atoms. The van der Waals surface area contributed by atoms with Gasteiger partial charge in [-0.2, -0.15) is 0 Å². The number of benzene rings is 2. The largest absolute Gasteiger partial charge is 0.495 e. The van der Waals surface area contributed by atoms with Crippen LogP contribution in [0.4, 0.5) is 11.4 Å². The van der Waals surface area contributed by atoms with Crippen molar-refractivity contribution in [1.29, 1.82) is 0 Å². The molecule has 0 atom stereocenters. The van der Waals surface area contributed by atoms with E-state index in [1.54, 1.807) is 18.2 Å². The summed E-state index contributed by atoms with van der Waals surface area (Å²) >= 11 is 0. The molecule has 1 N–H and O–H groups in total. The molecule has 1 aliphatic heterocycles. The van der Waals surface area contributed by atoms with E-state index in [2.05, 4.69) is 18.6 Å². The summed E-state index contributed by atoms with van der Waals surface area (Å²) in [4.78, 5) is 14.3. The number of methoxy groups -OCH3 is 1. The molecule has 3 rings (SSSR count). The number of hydrogen-bond donors (Lipinski definition) is 1. The number of aryl methyl sites for hydroxylation is 2. The number of fused-ring (bicyclic) bond motifs is 1. The maximum atomic E-state index is 13.1.